The molecule has 0 spiro atoms. The van der Waals surface area contributed by atoms with E-state index < -0.39 is 19.9 Å². The van der Waals surface area contributed by atoms with Crippen molar-refractivity contribution in [3.63, 3.8) is 0 Å². The first-order chi connectivity index (χ1) is 18.6. The smallest absolute Gasteiger partial charge is 0.347 e. The Hall–Kier alpha value is -3.05. The molecule has 6 rings (SSSR count). The van der Waals surface area contributed by atoms with Crippen molar-refractivity contribution in [3.8, 4) is 0 Å². The third-order valence-corrected chi connectivity index (χ3v) is 10.4. The molecule has 0 radical (unpaired) electrons. The summed E-state index contributed by atoms with van der Waals surface area (Å²) in [6.07, 6.45) is -0.104. The van der Waals surface area contributed by atoms with E-state index in [1.807, 2.05) is 89.6 Å². The van der Waals surface area contributed by atoms with Crippen LogP contribution in [0, 0.1) is 0 Å². The molecular formula is C32H33N2O3P. The van der Waals surface area contributed by atoms with Crippen molar-refractivity contribution >= 4 is 7.67 Å². The quantitative estimate of drug-likeness (QED) is 0.283. The van der Waals surface area contributed by atoms with Crippen molar-refractivity contribution in [1.82, 2.24) is 9.34 Å². The molecule has 2 heterocycles. The fraction of sp³-hybridized carbons (Fsp3) is 0.250. The molecule has 4 aromatic rings. The monoisotopic (exact) mass is 524 g/mol. The maximum Gasteiger partial charge on any atom is 0.347 e. The van der Waals surface area contributed by atoms with Crippen LogP contribution in [0.15, 0.2) is 121 Å². The first kappa shape index (κ1) is 25.2. The highest BCUT2D eigenvalue weighted by Gasteiger charge is 2.62. The molecule has 1 N–H and O–H groups in total. The molecule has 5 atom stereocenters. The second kappa shape index (κ2) is 11.0. The standard InChI is InChI=1S/C32H33N2O3P/c35-31-29(21-25-13-5-1-6-14-25)33(23-27-17-9-3-10-18-27)38(36)34(24-28-19-11-4-12-20-28)30(32(31)37-38)22-26-15-7-2-8-16-26/h1-20,29-32,35H,21-24H2. The zero-order chi connectivity index (χ0) is 26.0. The highest BCUT2D eigenvalue weighted by atomic mass is 31.2. The Morgan fingerprint density at radius 1 is 0.579 bits per heavy atom. The minimum absolute atomic E-state index is 0.225. The SMILES string of the molecule is O=P12OC(C(O)C(Cc3ccccc3)N1Cc1ccccc1)C(Cc1ccccc1)N2Cc1ccccc1. The van der Waals surface area contributed by atoms with Gasteiger partial charge in [0.25, 0.3) is 0 Å². The second-order valence-corrected chi connectivity index (χ2v) is 12.5. The van der Waals surface area contributed by atoms with Crippen molar-refractivity contribution in [3.05, 3.63) is 144 Å². The lowest BCUT2D eigenvalue weighted by Crippen LogP contribution is -2.53. The molecule has 2 saturated heterocycles. The Morgan fingerprint density at radius 2 is 0.947 bits per heavy atom. The second-order valence-electron chi connectivity index (χ2n) is 10.2. The van der Waals surface area contributed by atoms with Crippen LogP contribution in [0.25, 0.3) is 0 Å². The predicted molar refractivity (Wildman–Crippen MR) is 150 cm³/mol. The van der Waals surface area contributed by atoms with E-state index in [0.29, 0.717) is 25.9 Å². The van der Waals surface area contributed by atoms with Crippen molar-refractivity contribution in [2.45, 2.75) is 50.2 Å². The molecule has 2 fully saturated rings. The first-order valence-corrected chi connectivity index (χ1v) is 14.8. The Labute approximate surface area is 224 Å². The van der Waals surface area contributed by atoms with Crippen LogP contribution in [-0.2, 0) is 35.0 Å². The van der Waals surface area contributed by atoms with Gasteiger partial charge in [-0.1, -0.05) is 121 Å². The molecule has 2 bridgehead atoms. The summed E-state index contributed by atoms with van der Waals surface area (Å²) in [6, 6.07) is 40.0. The Morgan fingerprint density at radius 3 is 1.39 bits per heavy atom. The van der Waals surface area contributed by atoms with Crippen LogP contribution >= 0.6 is 7.67 Å². The third kappa shape index (κ3) is 5.01. The molecule has 0 aliphatic carbocycles. The topological polar surface area (TPSA) is 53.0 Å². The minimum Gasteiger partial charge on any atom is -0.389 e. The molecule has 5 unspecified atom stereocenters. The van der Waals surface area contributed by atoms with Gasteiger partial charge in [-0.25, -0.2) is 9.34 Å². The fourth-order valence-electron chi connectivity index (χ4n) is 5.84. The molecule has 0 saturated carbocycles. The van der Waals surface area contributed by atoms with Gasteiger partial charge < -0.3 is 5.11 Å². The number of nitrogens with zero attached hydrogens (tertiary/aromatic N) is 2. The number of rotatable bonds is 8. The summed E-state index contributed by atoms with van der Waals surface area (Å²) in [7, 11) is -3.49. The minimum atomic E-state index is -3.49. The largest absolute Gasteiger partial charge is 0.389 e. The molecule has 2 aliphatic rings. The van der Waals surface area contributed by atoms with Gasteiger partial charge in [-0.15, -0.1) is 0 Å². The van der Waals surface area contributed by atoms with E-state index in [4.69, 9.17) is 4.52 Å². The zero-order valence-corrected chi connectivity index (χ0v) is 22.2. The lowest BCUT2D eigenvalue weighted by atomic mass is 9.91. The Balaban J connectivity index is 1.43. The number of aliphatic hydroxyl groups excluding tert-OH is 1. The maximum atomic E-state index is 15.2. The summed E-state index contributed by atoms with van der Waals surface area (Å²) < 4.78 is 25.7. The number of benzene rings is 4. The molecule has 5 nitrogen and oxygen atoms in total. The summed E-state index contributed by atoms with van der Waals surface area (Å²) in [5.41, 5.74) is 4.37. The number of aliphatic hydroxyl groups is 1. The van der Waals surface area contributed by atoms with Gasteiger partial charge in [0.05, 0.1) is 18.2 Å². The zero-order valence-electron chi connectivity index (χ0n) is 21.3. The first-order valence-electron chi connectivity index (χ1n) is 13.3. The van der Waals surface area contributed by atoms with Crippen LogP contribution in [-0.4, -0.2) is 38.7 Å². The van der Waals surface area contributed by atoms with E-state index >= 15 is 4.57 Å². The Kier molecular flexibility index (Phi) is 7.29. The average molecular weight is 525 g/mol. The number of hydrogen-bond donors (Lipinski definition) is 1. The Bertz CT molecular complexity index is 1330. The van der Waals surface area contributed by atoms with Crippen LogP contribution in [0.5, 0.6) is 0 Å². The van der Waals surface area contributed by atoms with Crippen LogP contribution < -0.4 is 0 Å². The molecule has 194 valence electrons. The fourth-order valence-corrected chi connectivity index (χ4v) is 8.82. The van der Waals surface area contributed by atoms with Gasteiger partial charge in [-0.3, -0.25) is 9.09 Å². The number of hydrogen-bond acceptors (Lipinski definition) is 3. The van der Waals surface area contributed by atoms with Crippen LogP contribution in [0.4, 0.5) is 0 Å². The molecule has 38 heavy (non-hydrogen) atoms. The predicted octanol–water partition coefficient (Wildman–Crippen LogP) is 6.09. The van der Waals surface area contributed by atoms with Crippen LogP contribution in [0.2, 0.25) is 0 Å². The highest BCUT2D eigenvalue weighted by molar-refractivity contribution is 7.54. The van der Waals surface area contributed by atoms with Gasteiger partial charge in [0.2, 0.25) is 0 Å². The van der Waals surface area contributed by atoms with Crippen molar-refractivity contribution in [2.75, 3.05) is 0 Å². The van der Waals surface area contributed by atoms with E-state index in [0.717, 1.165) is 22.3 Å². The highest BCUT2D eigenvalue weighted by Crippen LogP contribution is 2.67. The van der Waals surface area contributed by atoms with E-state index in [2.05, 4.69) is 41.1 Å². The lowest BCUT2D eigenvalue weighted by Gasteiger charge is -2.43. The summed E-state index contributed by atoms with van der Waals surface area (Å²) in [4.78, 5) is 0. The molecule has 6 heteroatoms. The molecular weight excluding hydrogens is 491 g/mol. The van der Waals surface area contributed by atoms with Gasteiger partial charge >= 0.3 is 7.67 Å². The maximum absolute atomic E-state index is 15.2. The van der Waals surface area contributed by atoms with Gasteiger partial charge in [0, 0.05) is 13.1 Å². The lowest BCUT2D eigenvalue weighted by molar-refractivity contribution is -0.0378. The van der Waals surface area contributed by atoms with Crippen molar-refractivity contribution in [2.24, 2.45) is 0 Å². The molecule has 0 amide bonds. The summed E-state index contributed by atoms with van der Waals surface area (Å²) in [6.45, 7) is 0.922. The normalized spacial score (nSPS) is 27.4. The summed E-state index contributed by atoms with van der Waals surface area (Å²) in [5.74, 6) is 0. The third-order valence-electron chi connectivity index (χ3n) is 7.73. The van der Waals surface area contributed by atoms with E-state index in [1.54, 1.807) is 0 Å². The van der Waals surface area contributed by atoms with Crippen molar-refractivity contribution < 1.29 is 14.2 Å². The molecule has 0 aromatic heterocycles. The van der Waals surface area contributed by atoms with Gasteiger partial charge in [0.1, 0.15) is 6.10 Å². The number of fused-ring (bicyclic) bond motifs is 2. The van der Waals surface area contributed by atoms with Gasteiger partial charge in [-0.05, 0) is 35.1 Å². The molecule has 2 aliphatic heterocycles. The average Bonchev–Trinajstić information content (AvgIpc) is 3.21. The van der Waals surface area contributed by atoms with Crippen LogP contribution in [0.3, 0.4) is 0 Å². The van der Waals surface area contributed by atoms with Crippen LogP contribution in [0.1, 0.15) is 22.3 Å². The summed E-state index contributed by atoms with van der Waals surface area (Å²) >= 11 is 0. The van der Waals surface area contributed by atoms with E-state index in [9.17, 15) is 5.11 Å². The van der Waals surface area contributed by atoms with Crippen molar-refractivity contribution in [1.29, 1.82) is 0 Å². The van der Waals surface area contributed by atoms with Gasteiger partial charge in [0.15, 0.2) is 0 Å². The van der Waals surface area contributed by atoms with E-state index in [1.165, 1.54) is 0 Å². The summed E-state index contributed by atoms with van der Waals surface area (Å²) in [5, 5.41) is 11.9. The van der Waals surface area contributed by atoms with Gasteiger partial charge in [-0.2, -0.15) is 0 Å². The molecule has 4 aromatic carbocycles. The van der Waals surface area contributed by atoms with E-state index in [-0.39, 0.29) is 12.1 Å².